The van der Waals surface area contributed by atoms with E-state index in [1.807, 2.05) is 0 Å². The zero-order valence-electron chi connectivity index (χ0n) is 10.2. The summed E-state index contributed by atoms with van der Waals surface area (Å²) in [6, 6.07) is 4.11. The number of pyridine rings is 1. The summed E-state index contributed by atoms with van der Waals surface area (Å²) in [5, 5.41) is 12.8. The number of hydrogen-bond donors (Lipinski definition) is 1. The van der Waals surface area contributed by atoms with E-state index in [1.54, 1.807) is 20.8 Å². The number of rotatable bonds is 2. The van der Waals surface area contributed by atoms with E-state index in [4.69, 9.17) is 4.74 Å². The number of amides is 1. The SMILES string of the molecule is CC(C)(C)OC(=O)Nc1cccc([N+](=O)[O-])n1.Cl. The summed E-state index contributed by atoms with van der Waals surface area (Å²) >= 11 is 0. The van der Waals surface area contributed by atoms with Crippen LogP contribution in [0.5, 0.6) is 0 Å². The molecule has 8 heteroatoms. The number of ether oxygens (including phenoxy) is 1. The maximum atomic E-state index is 11.4. The fraction of sp³-hybridized carbons (Fsp3) is 0.400. The molecule has 1 aromatic rings. The lowest BCUT2D eigenvalue weighted by Gasteiger charge is -2.18. The first-order valence-electron chi connectivity index (χ1n) is 4.89. The monoisotopic (exact) mass is 275 g/mol. The molecule has 18 heavy (non-hydrogen) atoms. The van der Waals surface area contributed by atoms with Gasteiger partial charge in [0.25, 0.3) is 5.82 Å². The van der Waals surface area contributed by atoms with E-state index in [-0.39, 0.29) is 24.0 Å². The Balaban J connectivity index is 0.00000289. The third-order valence-electron chi connectivity index (χ3n) is 1.55. The summed E-state index contributed by atoms with van der Waals surface area (Å²) in [6.45, 7) is 5.15. The van der Waals surface area contributed by atoms with Gasteiger partial charge in [-0.25, -0.2) is 4.79 Å². The van der Waals surface area contributed by atoms with E-state index in [2.05, 4.69) is 10.3 Å². The first kappa shape index (κ1) is 16.1. The highest BCUT2D eigenvalue weighted by Gasteiger charge is 2.18. The molecule has 100 valence electrons. The quantitative estimate of drug-likeness (QED) is 0.661. The number of nitrogens with one attached hydrogen (secondary N) is 1. The molecule has 0 fully saturated rings. The summed E-state index contributed by atoms with van der Waals surface area (Å²) in [4.78, 5) is 24.8. The molecular weight excluding hydrogens is 262 g/mol. The predicted octanol–water partition coefficient (Wildman–Crippen LogP) is 2.76. The molecule has 0 unspecified atom stereocenters. The number of anilines is 1. The van der Waals surface area contributed by atoms with Crippen molar-refractivity contribution < 1.29 is 14.5 Å². The molecule has 1 heterocycles. The zero-order chi connectivity index (χ0) is 13.1. The van der Waals surface area contributed by atoms with Crippen LogP contribution in [0.15, 0.2) is 18.2 Å². The lowest BCUT2D eigenvalue weighted by atomic mass is 10.2. The molecule has 0 saturated carbocycles. The van der Waals surface area contributed by atoms with Gasteiger partial charge >= 0.3 is 11.9 Å². The van der Waals surface area contributed by atoms with E-state index in [9.17, 15) is 14.9 Å². The van der Waals surface area contributed by atoms with Crippen LogP contribution in [0.1, 0.15) is 20.8 Å². The first-order chi connectivity index (χ1) is 7.78. The molecule has 0 aliphatic heterocycles. The van der Waals surface area contributed by atoms with Gasteiger partial charge in [-0.05, 0) is 36.7 Å². The van der Waals surface area contributed by atoms with Crippen LogP contribution in [0.4, 0.5) is 16.4 Å². The van der Waals surface area contributed by atoms with Gasteiger partial charge in [0.1, 0.15) is 5.60 Å². The highest BCUT2D eigenvalue weighted by Crippen LogP contribution is 2.13. The number of hydrogen-bond acceptors (Lipinski definition) is 5. The zero-order valence-corrected chi connectivity index (χ0v) is 11.0. The van der Waals surface area contributed by atoms with Gasteiger partial charge in [0, 0.05) is 12.1 Å². The molecule has 7 nitrogen and oxygen atoms in total. The van der Waals surface area contributed by atoms with Crippen LogP contribution in [0, 0.1) is 10.1 Å². The van der Waals surface area contributed by atoms with Crippen LogP contribution in [-0.4, -0.2) is 21.6 Å². The Bertz CT molecular complexity index is 445. The van der Waals surface area contributed by atoms with Crippen LogP contribution in [0.2, 0.25) is 0 Å². The van der Waals surface area contributed by atoms with Crippen LogP contribution in [0.3, 0.4) is 0 Å². The summed E-state index contributed by atoms with van der Waals surface area (Å²) in [5.74, 6) is -0.257. The van der Waals surface area contributed by atoms with Crippen molar-refractivity contribution in [3.05, 3.63) is 28.3 Å². The smallest absolute Gasteiger partial charge is 0.415 e. The van der Waals surface area contributed by atoms with Crippen molar-refractivity contribution in [3.8, 4) is 0 Å². The highest BCUT2D eigenvalue weighted by molar-refractivity contribution is 5.85. The van der Waals surface area contributed by atoms with Gasteiger partial charge in [-0.3, -0.25) is 5.32 Å². The summed E-state index contributed by atoms with van der Waals surface area (Å²) < 4.78 is 4.98. The normalized spacial score (nSPS) is 10.2. The molecular formula is C10H14ClN3O4. The topological polar surface area (TPSA) is 94.4 Å². The van der Waals surface area contributed by atoms with Crippen LogP contribution in [-0.2, 0) is 4.74 Å². The highest BCUT2D eigenvalue weighted by atomic mass is 35.5. The van der Waals surface area contributed by atoms with Gasteiger partial charge in [-0.1, -0.05) is 0 Å². The maximum absolute atomic E-state index is 11.4. The van der Waals surface area contributed by atoms with E-state index in [0.29, 0.717) is 0 Å². The lowest BCUT2D eigenvalue weighted by molar-refractivity contribution is -0.389. The molecule has 1 amide bonds. The van der Waals surface area contributed by atoms with Gasteiger partial charge in [-0.2, -0.15) is 0 Å². The molecule has 1 N–H and O–H groups in total. The minimum absolute atomic E-state index is 0. The first-order valence-corrected chi connectivity index (χ1v) is 4.89. The van der Waals surface area contributed by atoms with Crippen molar-refractivity contribution in [3.63, 3.8) is 0 Å². The fourth-order valence-corrected chi connectivity index (χ4v) is 1.00. The average Bonchev–Trinajstić information content (AvgIpc) is 2.14. The molecule has 0 saturated heterocycles. The number of halogens is 1. The molecule has 0 aromatic carbocycles. The Labute approximate surface area is 110 Å². The molecule has 1 rings (SSSR count). The van der Waals surface area contributed by atoms with Gasteiger partial charge < -0.3 is 14.9 Å². The molecule has 0 atom stereocenters. The van der Waals surface area contributed by atoms with Crippen molar-refractivity contribution in [2.24, 2.45) is 0 Å². The molecule has 0 aliphatic rings. The van der Waals surface area contributed by atoms with Crippen LogP contribution >= 0.6 is 12.4 Å². The second-order valence-electron chi connectivity index (χ2n) is 4.27. The van der Waals surface area contributed by atoms with Gasteiger partial charge in [-0.15, -0.1) is 12.4 Å². The van der Waals surface area contributed by atoms with Crippen molar-refractivity contribution in [1.82, 2.24) is 4.98 Å². The number of carbonyl (C=O) groups is 1. The molecule has 0 spiro atoms. The van der Waals surface area contributed by atoms with E-state index in [0.717, 1.165) is 0 Å². The molecule has 1 aromatic heterocycles. The minimum atomic E-state index is -0.703. The number of aromatic nitrogens is 1. The molecule has 0 aliphatic carbocycles. The Kier molecular flexibility index (Phi) is 5.51. The van der Waals surface area contributed by atoms with Crippen molar-refractivity contribution in [1.29, 1.82) is 0 Å². The minimum Gasteiger partial charge on any atom is -0.444 e. The second kappa shape index (κ2) is 6.15. The van der Waals surface area contributed by atoms with Gasteiger partial charge in [0.15, 0.2) is 0 Å². The maximum Gasteiger partial charge on any atom is 0.415 e. The Hall–Kier alpha value is -1.89. The standard InChI is InChI=1S/C10H13N3O4.ClH/c1-10(2,3)17-9(14)12-7-5-4-6-8(11-7)13(15)16;/h4-6H,1-3H3,(H,11,12,14);1H. The van der Waals surface area contributed by atoms with Crippen molar-refractivity contribution in [2.75, 3.05) is 5.32 Å². The van der Waals surface area contributed by atoms with Crippen LogP contribution in [0.25, 0.3) is 0 Å². The third-order valence-corrected chi connectivity index (χ3v) is 1.55. The van der Waals surface area contributed by atoms with Crippen molar-refractivity contribution in [2.45, 2.75) is 26.4 Å². The molecule has 0 bridgehead atoms. The average molecular weight is 276 g/mol. The molecule has 0 radical (unpaired) electrons. The van der Waals surface area contributed by atoms with Gasteiger partial charge in [0.05, 0.1) is 0 Å². The van der Waals surface area contributed by atoms with E-state index in [1.165, 1.54) is 18.2 Å². The second-order valence-corrected chi connectivity index (χ2v) is 4.27. The lowest BCUT2D eigenvalue weighted by Crippen LogP contribution is -2.27. The van der Waals surface area contributed by atoms with E-state index >= 15 is 0 Å². The van der Waals surface area contributed by atoms with Crippen molar-refractivity contribution >= 4 is 30.1 Å². The third kappa shape index (κ3) is 5.44. The fourth-order valence-electron chi connectivity index (χ4n) is 1.00. The number of nitrogens with zero attached hydrogens (tertiary/aromatic N) is 2. The van der Waals surface area contributed by atoms with Crippen LogP contribution < -0.4 is 5.32 Å². The Morgan fingerprint density at radius 1 is 1.44 bits per heavy atom. The summed E-state index contributed by atoms with van der Waals surface area (Å²) in [6.07, 6.45) is -0.703. The largest absolute Gasteiger partial charge is 0.444 e. The summed E-state index contributed by atoms with van der Waals surface area (Å²) in [7, 11) is 0. The van der Waals surface area contributed by atoms with E-state index < -0.39 is 16.6 Å². The van der Waals surface area contributed by atoms with Gasteiger partial charge in [0.2, 0.25) is 0 Å². The Morgan fingerprint density at radius 2 is 2.06 bits per heavy atom. The number of carbonyl (C=O) groups excluding carboxylic acids is 1. The summed E-state index contributed by atoms with van der Waals surface area (Å²) in [5.41, 5.74) is -0.634. The Morgan fingerprint density at radius 3 is 2.56 bits per heavy atom. The number of nitro groups is 1. The predicted molar refractivity (Wildman–Crippen MR) is 68.0 cm³/mol.